The Labute approximate surface area is 140 Å². The van der Waals surface area contributed by atoms with Gasteiger partial charge in [-0.25, -0.2) is 0 Å². The summed E-state index contributed by atoms with van der Waals surface area (Å²) in [6, 6.07) is 7.47. The number of carbonyl (C=O) groups is 2. The average molecular weight is 324 g/mol. The van der Waals surface area contributed by atoms with Crippen LogP contribution in [0.2, 0.25) is 0 Å². The second kappa shape index (κ2) is 6.11. The van der Waals surface area contributed by atoms with Crippen molar-refractivity contribution in [1.82, 2.24) is 19.8 Å². The number of fused-ring (bicyclic) bond motifs is 1. The molecule has 4 heterocycles. The van der Waals surface area contributed by atoms with E-state index < -0.39 is 0 Å². The average Bonchev–Trinajstić information content (AvgIpc) is 3.27. The molecule has 2 aromatic heterocycles. The van der Waals surface area contributed by atoms with Crippen LogP contribution in [0.1, 0.15) is 22.5 Å². The first-order chi connectivity index (χ1) is 11.7. The molecular formula is C18H20N4O2. The first-order valence-corrected chi connectivity index (χ1v) is 8.33. The van der Waals surface area contributed by atoms with E-state index in [1.807, 2.05) is 28.0 Å². The predicted molar refractivity (Wildman–Crippen MR) is 87.9 cm³/mol. The van der Waals surface area contributed by atoms with E-state index in [9.17, 15) is 9.59 Å². The summed E-state index contributed by atoms with van der Waals surface area (Å²) in [6.07, 6.45) is 6.23. The standard InChI is InChI=1S/C18H20N4O2/c23-17-15-12-22(18(24)16-4-2-7-20-16)11-14(15)5-8-21(17)10-13-3-1-6-19-9-13/h1-4,6-7,9,14-15,20H,5,8,10-12H2/t14-,15-/m0/s1. The van der Waals surface area contributed by atoms with Crippen molar-refractivity contribution in [3.05, 3.63) is 54.1 Å². The summed E-state index contributed by atoms with van der Waals surface area (Å²) in [7, 11) is 0. The molecule has 124 valence electrons. The number of rotatable bonds is 3. The molecule has 0 radical (unpaired) electrons. The van der Waals surface area contributed by atoms with Crippen LogP contribution in [0.25, 0.3) is 0 Å². The highest BCUT2D eigenvalue weighted by Gasteiger charge is 2.44. The Morgan fingerprint density at radius 3 is 2.96 bits per heavy atom. The minimum absolute atomic E-state index is 0.0130. The molecule has 2 fully saturated rings. The van der Waals surface area contributed by atoms with Gasteiger partial charge in [-0.15, -0.1) is 0 Å². The highest BCUT2D eigenvalue weighted by Crippen LogP contribution is 2.33. The fourth-order valence-corrected chi connectivity index (χ4v) is 3.78. The molecule has 2 amide bonds. The lowest BCUT2D eigenvalue weighted by molar-refractivity contribution is -0.140. The van der Waals surface area contributed by atoms with Crippen LogP contribution in [0.5, 0.6) is 0 Å². The van der Waals surface area contributed by atoms with Crippen molar-refractivity contribution in [2.24, 2.45) is 11.8 Å². The fraction of sp³-hybridized carbons (Fsp3) is 0.389. The molecule has 1 N–H and O–H groups in total. The molecule has 6 heteroatoms. The number of H-pyrrole nitrogens is 1. The van der Waals surface area contributed by atoms with Gasteiger partial charge in [0.1, 0.15) is 5.69 Å². The van der Waals surface area contributed by atoms with Crippen molar-refractivity contribution >= 4 is 11.8 Å². The molecule has 0 bridgehead atoms. The summed E-state index contributed by atoms with van der Waals surface area (Å²) in [5.41, 5.74) is 1.63. The molecule has 0 unspecified atom stereocenters. The number of pyridine rings is 1. The van der Waals surface area contributed by atoms with Crippen LogP contribution in [-0.4, -0.2) is 51.2 Å². The van der Waals surface area contributed by atoms with Crippen molar-refractivity contribution in [2.75, 3.05) is 19.6 Å². The Morgan fingerprint density at radius 2 is 2.21 bits per heavy atom. The van der Waals surface area contributed by atoms with Crippen LogP contribution in [0.15, 0.2) is 42.9 Å². The van der Waals surface area contributed by atoms with Gasteiger partial charge in [-0.3, -0.25) is 14.6 Å². The third kappa shape index (κ3) is 2.68. The van der Waals surface area contributed by atoms with Crippen LogP contribution in [-0.2, 0) is 11.3 Å². The van der Waals surface area contributed by atoms with Crippen molar-refractivity contribution in [2.45, 2.75) is 13.0 Å². The van der Waals surface area contributed by atoms with Gasteiger partial charge in [0.15, 0.2) is 0 Å². The third-order valence-electron chi connectivity index (χ3n) is 5.05. The Bertz CT molecular complexity index is 729. The quantitative estimate of drug-likeness (QED) is 0.931. The van der Waals surface area contributed by atoms with Gasteiger partial charge in [-0.05, 0) is 36.1 Å². The van der Waals surface area contributed by atoms with Crippen molar-refractivity contribution in [3.63, 3.8) is 0 Å². The van der Waals surface area contributed by atoms with E-state index in [4.69, 9.17) is 0 Å². The highest BCUT2D eigenvalue weighted by molar-refractivity contribution is 5.93. The number of amides is 2. The molecule has 24 heavy (non-hydrogen) atoms. The predicted octanol–water partition coefficient (Wildman–Crippen LogP) is 1.53. The summed E-state index contributed by atoms with van der Waals surface area (Å²) in [5.74, 6) is 0.355. The molecule has 4 rings (SSSR count). The Kier molecular flexibility index (Phi) is 3.80. The number of piperidine rings is 1. The maximum Gasteiger partial charge on any atom is 0.270 e. The van der Waals surface area contributed by atoms with Crippen molar-refractivity contribution < 1.29 is 9.59 Å². The zero-order valence-corrected chi connectivity index (χ0v) is 13.4. The number of nitrogens with one attached hydrogen (secondary N) is 1. The van der Waals surface area contributed by atoms with Gasteiger partial charge in [0.2, 0.25) is 5.91 Å². The zero-order chi connectivity index (χ0) is 16.5. The number of aromatic amines is 1. The molecule has 2 aliphatic rings. The number of aromatic nitrogens is 2. The normalized spacial score (nSPS) is 23.4. The maximum atomic E-state index is 12.8. The summed E-state index contributed by atoms with van der Waals surface area (Å²) in [6.45, 7) is 2.54. The second-order valence-corrected chi connectivity index (χ2v) is 6.57. The fourth-order valence-electron chi connectivity index (χ4n) is 3.78. The molecule has 0 spiro atoms. The number of hydrogen-bond acceptors (Lipinski definition) is 3. The highest BCUT2D eigenvalue weighted by atomic mass is 16.2. The van der Waals surface area contributed by atoms with Gasteiger partial charge in [-0.1, -0.05) is 6.07 Å². The third-order valence-corrected chi connectivity index (χ3v) is 5.05. The lowest BCUT2D eigenvalue weighted by Gasteiger charge is -2.33. The summed E-state index contributed by atoms with van der Waals surface area (Å²) < 4.78 is 0. The van der Waals surface area contributed by atoms with E-state index >= 15 is 0 Å². The molecule has 2 saturated heterocycles. The van der Waals surface area contributed by atoms with E-state index in [1.165, 1.54) is 0 Å². The van der Waals surface area contributed by atoms with Crippen LogP contribution in [0.3, 0.4) is 0 Å². The topological polar surface area (TPSA) is 69.3 Å². The molecule has 6 nitrogen and oxygen atoms in total. The first kappa shape index (κ1) is 14.9. The Hall–Kier alpha value is -2.63. The SMILES string of the molecule is O=C(c1ccc[nH]1)N1C[C@@H]2CCN(Cc3cccnc3)C(=O)[C@H]2C1. The number of likely N-dealkylation sites (tertiary alicyclic amines) is 2. The molecular weight excluding hydrogens is 304 g/mol. The van der Waals surface area contributed by atoms with Crippen LogP contribution < -0.4 is 0 Å². The summed E-state index contributed by atoms with van der Waals surface area (Å²) >= 11 is 0. The van der Waals surface area contributed by atoms with Gasteiger partial charge in [0, 0.05) is 44.8 Å². The lowest BCUT2D eigenvalue weighted by Crippen LogP contribution is -2.44. The van der Waals surface area contributed by atoms with Crippen LogP contribution >= 0.6 is 0 Å². The van der Waals surface area contributed by atoms with Gasteiger partial charge in [0.05, 0.1) is 5.92 Å². The van der Waals surface area contributed by atoms with E-state index in [2.05, 4.69) is 9.97 Å². The number of hydrogen-bond donors (Lipinski definition) is 1. The van der Waals surface area contributed by atoms with Gasteiger partial charge in [-0.2, -0.15) is 0 Å². The number of carbonyl (C=O) groups excluding carboxylic acids is 2. The van der Waals surface area contributed by atoms with Gasteiger partial charge >= 0.3 is 0 Å². The molecule has 2 atom stereocenters. The lowest BCUT2D eigenvalue weighted by atomic mass is 9.88. The van der Waals surface area contributed by atoms with E-state index in [-0.39, 0.29) is 23.7 Å². The van der Waals surface area contributed by atoms with E-state index in [0.29, 0.717) is 25.3 Å². The van der Waals surface area contributed by atoms with Crippen LogP contribution in [0, 0.1) is 11.8 Å². The molecule has 0 aromatic carbocycles. The number of nitrogens with zero attached hydrogens (tertiary/aromatic N) is 3. The monoisotopic (exact) mass is 324 g/mol. The summed E-state index contributed by atoms with van der Waals surface area (Å²) in [5, 5.41) is 0. The van der Waals surface area contributed by atoms with E-state index in [0.717, 1.165) is 18.5 Å². The minimum atomic E-state index is -0.0747. The largest absolute Gasteiger partial charge is 0.357 e. The van der Waals surface area contributed by atoms with E-state index in [1.54, 1.807) is 24.7 Å². The van der Waals surface area contributed by atoms with Crippen molar-refractivity contribution in [3.8, 4) is 0 Å². The zero-order valence-electron chi connectivity index (χ0n) is 13.4. The van der Waals surface area contributed by atoms with Gasteiger partial charge < -0.3 is 14.8 Å². The maximum absolute atomic E-state index is 12.8. The molecule has 0 saturated carbocycles. The smallest absolute Gasteiger partial charge is 0.270 e. The first-order valence-electron chi connectivity index (χ1n) is 8.33. The summed E-state index contributed by atoms with van der Waals surface area (Å²) in [4.78, 5) is 36.1. The van der Waals surface area contributed by atoms with Crippen LogP contribution in [0.4, 0.5) is 0 Å². The molecule has 2 aliphatic heterocycles. The second-order valence-electron chi connectivity index (χ2n) is 6.57. The Morgan fingerprint density at radius 1 is 1.29 bits per heavy atom. The Balaban J connectivity index is 1.44. The van der Waals surface area contributed by atoms with Gasteiger partial charge in [0.25, 0.3) is 5.91 Å². The molecule has 2 aromatic rings. The molecule has 0 aliphatic carbocycles. The minimum Gasteiger partial charge on any atom is -0.357 e. The van der Waals surface area contributed by atoms with Crippen molar-refractivity contribution in [1.29, 1.82) is 0 Å².